The van der Waals surface area contributed by atoms with Crippen LogP contribution >= 0.6 is 0 Å². The predicted molar refractivity (Wildman–Crippen MR) is 65.4 cm³/mol. The van der Waals surface area contributed by atoms with E-state index in [1.165, 1.54) is 7.11 Å². The van der Waals surface area contributed by atoms with Gasteiger partial charge in [-0.1, -0.05) is 13.8 Å². The summed E-state index contributed by atoms with van der Waals surface area (Å²) in [6.45, 7) is 5.99. The highest BCUT2D eigenvalue weighted by Gasteiger charge is 2.25. The summed E-state index contributed by atoms with van der Waals surface area (Å²) in [5.41, 5.74) is 1.06. The van der Waals surface area contributed by atoms with E-state index in [-0.39, 0.29) is 24.0 Å². The van der Waals surface area contributed by atoms with Gasteiger partial charge in [-0.25, -0.2) is 0 Å². The SMILES string of the molecule is COC(=O)[C@@H](NC(C)c1cnn(C)c1)C(C)C. The molecule has 1 rings (SSSR count). The maximum absolute atomic E-state index is 11.6. The monoisotopic (exact) mass is 239 g/mol. The minimum Gasteiger partial charge on any atom is -0.468 e. The smallest absolute Gasteiger partial charge is 0.323 e. The molecule has 1 heterocycles. The van der Waals surface area contributed by atoms with Gasteiger partial charge in [0, 0.05) is 24.8 Å². The van der Waals surface area contributed by atoms with Gasteiger partial charge < -0.3 is 4.74 Å². The van der Waals surface area contributed by atoms with Crippen molar-refractivity contribution in [2.45, 2.75) is 32.9 Å². The number of hydrogen-bond donors (Lipinski definition) is 1. The van der Waals surface area contributed by atoms with Crippen LogP contribution in [0.2, 0.25) is 0 Å². The first-order chi connectivity index (χ1) is 7.95. The van der Waals surface area contributed by atoms with Crippen LogP contribution in [0.25, 0.3) is 0 Å². The number of carbonyl (C=O) groups is 1. The quantitative estimate of drug-likeness (QED) is 0.786. The van der Waals surface area contributed by atoms with Gasteiger partial charge in [0.2, 0.25) is 0 Å². The van der Waals surface area contributed by atoms with Crippen LogP contribution < -0.4 is 5.32 Å². The summed E-state index contributed by atoms with van der Waals surface area (Å²) in [5, 5.41) is 7.38. The molecule has 0 spiro atoms. The number of methoxy groups -OCH3 is 1. The van der Waals surface area contributed by atoms with Crippen molar-refractivity contribution in [1.29, 1.82) is 0 Å². The fourth-order valence-corrected chi connectivity index (χ4v) is 1.69. The molecule has 1 aromatic heterocycles. The Balaban J connectivity index is 2.70. The van der Waals surface area contributed by atoms with Gasteiger partial charge in [-0.2, -0.15) is 5.10 Å². The van der Waals surface area contributed by atoms with Crippen LogP contribution in [0, 0.1) is 5.92 Å². The Bertz CT molecular complexity index is 374. The zero-order chi connectivity index (χ0) is 13.0. The predicted octanol–water partition coefficient (Wildman–Crippen LogP) is 1.27. The Labute approximate surface area is 102 Å². The van der Waals surface area contributed by atoms with E-state index >= 15 is 0 Å². The molecule has 0 amide bonds. The highest BCUT2D eigenvalue weighted by Crippen LogP contribution is 2.14. The Morgan fingerprint density at radius 3 is 2.53 bits per heavy atom. The number of nitrogens with one attached hydrogen (secondary N) is 1. The Hall–Kier alpha value is -1.36. The first-order valence-electron chi connectivity index (χ1n) is 5.78. The number of nitrogens with zero attached hydrogens (tertiary/aromatic N) is 2. The third-order valence-corrected chi connectivity index (χ3v) is 2.78. The second kappa shape index (κ2) is 5.82. The van der Waals surface area contributed by atoms with Crippen molar-refractivity contribution in [3.63, 3.8) is 0 Å². The molecule has 1 aromatic rings. The minimum atomic E-state index is -0.296. The summed E-state index contributed by atoms with van der Waals surface area (Å²) >= 11 is 0. The van der Waals surface area contributed by atoms with Gasteiger partial charge in [0.25, 0.3) is 0 Å². The lowest BCUT2D eigenvalue weighted by atomic mass is 10.0. The summed E-state index contributed by atoms with van der Waals surface area (Å²) < 4.78 is 6.54. The molecule has 0 saturated carbocycles. The lowest BCUT2D eigenvalue weighted by molar-refractivity contribution is -0.144. The summed E-state index contributed by atoms with van der Waals surface area (Å²) in [6.07, 6.45) is 3.73. The van der Waals surface area contributed by atoms with E-state index in [1.54, 1.807) is 10.9 Å². The van der Waals surface area contributed by atoms with E-state index in [1.807, 2.05) is 34.0 Å². The van der Waals surface area contributed by atoms with E-state index in [0.29, 0.717) is 0 Å². The van der Waals surface area contributed by atoms with Gasteiger partial charge in [0.05, 0.1) is 13.3 Å². The van der Waals surface area contributed by atoms with Crippen molar-refractivity contribution in [2.24, 2.45) is 13.0 Å². The number of ether oxygens (including phenoxy) is 1. The molecule has 0 aliphatic heterocycles. The number of hydrogen-bond acceptors (Lipinski definition) is 4. The van der Waals surface area contributed by atoms with Gasteiger partial charge in [0.15, 0.2) is 0 Å². The van der Waals surface area contributed by atoms with Crippen molar-refractivity contribution in [3.05, 3.63) is 18.0 Å². The van der Waals surface area contributed by atoms with Crippen LogP contribution in [0.5, 0.6) is 0 Å². The van der Waals surface area contributed by atoms with Crippen LogP contribution in [-0.2, 0) is 16.6 Å². The largest absolute Gasteiger partial charge is 0.468 e. The second-order valence-corrected chi connectivity index (χ2v) is 4.58. The minimum absolute atomic E-state index is 0.0650. The van der Waals surface area contributed by atoms with Crippen LogP contribution in [-0.4, -0.2) is 28.9 Å². The molecule has 96 valence electrons. The van der Waals surface area contributed by atoms with Gasteiger partial charge in [-0.05, 0) is 12.8 Å². The third kappa shape index (κ3) is 3.56. The lowest BCUT2D eigenvalue weighted by Gasteiger charge is -2.23. The Morgan fingerprint density at radius 2 is 2.12 bits per heavy atom. The molecule has 17 heavy (non-hydrogen) atoms. The Kier molecular flexibility index (Phi) is 4.69. The fraction of sp³-hybridized carbons (Fsp3) is 0.667. The van der Waals surface area contributed by atoms with Crippen LogP contribution in [0.4, 0.5) is 0 Å². The van der Waals surface area contributed by atoms with Crippen molar-refractivity contribution >= 4 is 5.97 Å². The normalized spacial score (nSPS) is 14.7. The molecular formula is C12H21N3O2. The van der Waals surface area contributed by atoms with Gasteiger partial charge in [-0.15, -0.1) is 0 Å². The molecule has 2 atom stereocenters. The van der Waals surface area contributed by atoms with E-state index in [9.17, 15) is 4.79 Å². The highest BCUT2D eigenvalue weighted by molar-refractivity contribution is 5.76. The molecule has 0 radical (unpaired) electrons. The summed E-state index contributed by atoms with van der Waals surface area (Å²) in [7, 11) is 3.28. The maximum Gasteiger partial charge on any atom is 0.323 e. The molecule has 5 nitrogen and oxygen atoms in total. The fourth-order valence-electron chi connectivity index (χ4n) is 1.69. The van der Waals surface area contributed by atoms with E-state index in [0.717, 1.165) is 5.56 Å². The molecule has 0 bridgehead atoms. The Morgan fingerprint density at radius 1 is 1.47 bits per heavy atom. The molecule has 1 N–H and O–H groups in total. The van der Waals surface area contributed by atoms with Crippen LogP contribution in [0.3, 0.4) is 0 Å². The molecule has 0 saturated heterocycles. The highest BCUT2D eigenvalue weighted by atomic mass is 16.5. The molecule has 0 fully saturated rings. The molecule has 0 aliphatic rings. The van der Waals surface area contributed by atoms with Gasteiger partial charge in [0.1, 0.15) is 6.04 Å². The average molecular weight is 239 g/mol. The second-order valence-electron chi connectivity index (χ2n) is 4.58. The number of rotatable bonds is 5. The van der Waals surface area contributed by atoms with E-state index in [4.69, 9.17) is 4.74 Å². The molecule has 0 aliphatic carbocycles. The number of carbonyl (C=O) groups excluding carboxylic acids is 1. The topological polar surface area (TPSA) is 56.1 Å². The first-order valence-corrected chi connectivity index (χ1v) is 5.78. The maximum atomic E-state index is 11.6. The van der Waals surface area contributed by atoms with E-state index < -0.39 is 0 Å². The van der Waals surface area contributed by atoms with Crippen molar-refractivity contribution in [2.75, 3.05) is 7.11 Å². The van der Waals surface area contributed by atoms with Crippen LogP contribution in [0.15, 0.2) is 12.4 Å². The lowest BCUT2D eigenvalue weighted by Crippen LogP contribution is -2.42. The van der Waals surface area contributed by atoms with Gasteiger partial charge >= 0.3 is 5.97 Å². The van der Waals surface area contributed by atoms with E-state index in [2.05, 4.69) is 10.4 Å². The number of aryl methyl sites for hydroxylation is 1. The summed E-state index contributed by atoms with van der Waals surface area (Å²) in [5.74, 6) is -0.0442. The summed E-state index contributed by atoms with van der Waals surface area (Å²) in [4.78, 5) is 11.6. The zero-order valence-electron chi connectivity index (χ0n) is 11.1. The van der Waals surface area contributed by atoms with Gasteiger partial charge in [-0.3, -0.25) is 14.8 Å². The zero-order valence-corrected chi connectivity index (χ0v) is 11.1. The third-order valence-electron chi connectivity index (χ3n) is 2.78. The first kappa shape index (κ1) is 13.7. The molecule has 0 aromatic carbocycles. The van der Waals surface area contributed by atoms with Crippen LogP contribution in [0.1, 0.15) is 32.4 Å². The van der Waals surface area contributed by atoms with Crippen molar-refractivity contribution in [1.82, 2.24) is 15.1 Å². The molecule has 1 unspecified atom stereocenters. The molecule has 5 heteroatoms. The van der Waals surface area contributed by atoms with Crippen molar-refractivity contribution in [3.8, 4) is 0 Å². The standard InChI is InChI=1S/C12H21N3O2/c1-8(2)11(12(16)17-5)14-9(3)10-6-13-15(4)7-10/h6-9,11,14H,1-5H3/t9?,11-/m0/s1. The molecular weight excluding hydrogens is 218 g/mol. The average Bonchev–Trinajstić information content (AvgIpc) is 2.71. The van der Waals surface area contributed by atoms with Crippen molar-refractivity contribution < 1.29 is 9.53 Å². The number of aromatic nitrogens is 2. The number of esters is 1. The summed E-state index contributed by atoms with van der Waals surface area (Å²) in [6, 6.07) is -0.231.